The summed E-state index contributed by atoms with van der Waals surface area (Å²) in [6.45, 7) is 2.85. The highest BCUT2D eigenvalue weighted by Crippen LogP contribution is 2.42. The van der Waals surface area contributed by atoms with Gasteiger partial charge < -0.3 is 14.7 Å². The molecule has 2 unspecified atom stereocenters. The quantitative estimate of drug-likeness (QED) is 0.866. The van der Waals surface area contributed by atoms with Crippen molar-refractivity contribution in [2.45, 2.75) is 37.9 Å². The number of hydrogen-bond acceptors (Lipinski definition) is 3. The third-order valence-corrected chi connectivity index (χ3v) is 4.75. The molecule has 2 amide bonds. The van der Waals surface area contributed by atoms with Crippen LogP contribution in [0, 0.1) is 0 Å². The first-order valence-electron chi connectivity index (χ1n) is 7.42. The van der Waals surface area contributed by atoms with Crippen LogP contribution in [0.15, 0.2) is 24.3 Å². The van der Waals surface area contributed by atoms with Gasteiger partial charge in [0.25, 0.3) is 5.91 Å². The normalized spacial score (nSPS) is 27.2. The van der Waals surface area contributed by atoms with Crippen molar-refractivity contribution in [3.8, 4) is 5.75 Å². The Morgan fingerprint density at radius 2 is 2.09 bits per heavy atom. The van der Waals surface area contributed by atoms with Crippen LogP contribution in [0.1, 0.15) is 25.3 Å². The van der Waals surface area contributed by atoms with E-state index in [0.29, 0.717) is 19.5 Å². The number of carbonyl (C=O) groups excluding carboxylic acids is 1. The topological polar surface area (TPSA) is 70.1 Å². The molecule has 1 N–H and O–H groups in total. The van der Waals surface area contributed by atoms with E-state index in [2.05, 4.69) is 0 Å². The zero-order valence-electron chi connectivity index (χ0n) is 12.8. The molecule has 0 bridgehead atoms. The van der Waals surface area contributed by atoms with Crippen molar-refractivity contribution in [3.63, 3.8) is 0 Å². The first-order valence-corrected chi connectivity index (χ1v) is 7.42. The summed E-state index contributed by atoms with van der Waals surface area (Å²) < 4.78 is 5.11. The minimum atomic E-state index is -0.998. The van der Waals surface area contributed by atoms with Gasteiger partial charge in [-0.15, -0.1) is 0 Å². The van der Waals surface area contributed by atoms with Crippen LogP contribution in [0.25, 0.3) is 0 Å². The minimum Gasteiger partial charge on any atom is -0.497 e. The molecule has 0 saturated carbocycles. The van der Waals surface area contributed by atoms with E-state index in [1.165, 1.54) is 4.90 Å². The van der Waals surface area contributed by atoms with Gasteiger partial charge in [-0.3, -0.25) is 9.69 Å². The summed E-state index contributed by atoms with van der Waals surface area (Å²) >= 11 is 0. The van der Waals surface area contributed by atoms with Crippen molar-refractivity contribution in [2.75, 3.05) is 13.7 Å². The number of ether oxygens (including phenoxy) is 1. The predicted molar refractivity (Wildman–Crippen MR) is 79.7 cm³/mol. The highest BCUT2D eigenvalue weighted by Gasteiger charge is 2.61. The zero-order chi connectivity index (χ0) is 15.9. The molecule has 2 atom stereocenters. The van der Waals surface area contributed by atoms with E-state index in [1.807, 2.05) is 31.2 Å². The summed E-state index contributed by atoms with van der Waals surface area (Å²) in [5, 5.41) is 9.38. The fourth-order valence-electron chi connectivity index (χ4n) is 3.59. The summed E-state index contributed by atoms with van der Waals surface area (Å²) in [5.74, 6) is 0.701. The van der Waals surface area contributed by atoms with Gasteiger partial charge in [-0.2, -0.15) is 0 Å². The maximum Gasteiger partial charge on any atom is 0.408 e. The molecule has 1 aromatic rings. The molecule has 0 radical (unpaired) electrons. The van der Waals surface area contributed by atoms with E-state index in [0.717, 1.165) is 17.7 Å². The molecule has 2 fully saturated rings. The van der Waals surface area contributed by atoms with Crippen LogP contribution in [0.5, 0.6) is 5.75 Å². The average molecular weight is 304 g/mol. The lowest BCUT2D eigenvalue weighted by Crippen LogP contribution is -2.73. The van der Waals surface area contributed by atoms with Gasteiger partial charge in [0.2, 0.25) is 0 Å². The molecule has 6 heteroatoms. The molecule has 2 aliphatic heterocycles. The van der Waals surface area contributed by atoms with Gasteiger partial charge in [0.1, 0.15) is 11.3 Å². The van der Waals surface area contributed by atoms with Crippen LogP contribution in [-0.4, -0.2) is 52.1 Å². The highest BCUT2D eigenvalue weighted by atomic mass is 16.5. The first-order chi connectivity index (χ1) is 10.5. The van der Waals surface area contributed by atoms with Crippen LogP contribution < -0.4 is 4.74 Å². The number of hydrogen-bond donors (Lipinski definition) is 1. The molecule has 118 valence electrons. The molecule has 1 spiro atoms. The molecule has 2 aliphatic rings. The second-order valence-corrected chi connectivity index (χ2v) is 6.08. The highest BCUT2D eigenvalue weighted by molar-refractivity contribution is 5.96. The maximum atomic E-state index is 12.6. The molecule has 3 rings (SSSR count). The van der Waals surface area contributed by atoms with Crippen molar-refractivity contribution < 1.29 is 19.4 Å². The van der Waals surface area contributed by atoms with Crippen molar-refractivity contribution in [1.82, 2.24) is 9.80 Å². The first kappa shape index (κ1) is 14.7. The fraction of sp³-hybridized carbons (Fsp3) is 0.500. The van der Waals surface area contributed by atoms with Crippen LogP contribution in [-0.2, 0) is 11.3 Å². The van der Waals surface area contributed by atoms with Crippen molar-refractivity contribution in [2.24, 2.45) is 0 Å². The van der Waals surface area contributed by atoms with Crippen molar-refractivity contribution >= 4 is 12.0 Å². The molecular formula is C16H20N2O4. The van der Waals surface area contributed by atoms with Crippen LogP contribution >= 0.6 is 0 Å². The third kappa shape index (κ3) is 2.10. The summed E-state index contributed by atoms with van der Waals surface area (Å²) in [6, 6.07) is 7.46. The Hall–Kier alpha value is -2.24. The van der Waals surface area contributed by atoms with Crippen LogP contribution in [0.4, 0.5) is 4.79 Å². The Kier molecular flexibility index (Phi) is 3.47. The SMILES string of the molecule is COc1ccc(CN2CC3(CCC(C)N3C(=O)O)C2=O)cc1. The molecule has 0 aliphatic carbocycles. The Morgan fingerprint density at radius 3 is 2.64 bits per heavy atom. The van der Waals surface area contributed by atoms with Crippen LogP contribution in [0.3, 0.4) is 0 Å². The van der Waals surface area contributed by atoms with E-state index in [9.17, 15) is 14.7 Å². The molecular weight excluding hydrogens is 284 g/mol. The number of methoxy groups -OCH3 is 1. The molecule has 22 heavy (non-hydrogen) atoms. The van der Waals surface area contributed by atoms with E-state index in [4.69, 9.17) is 4.74 Å². The fourth-order valence-corrected chi connectivity index (χ4v) is 3.59. The van der Waals surface area contributed by atoms with Gasteiger partial charge in [-0.1, -0.05) is 12.1 Å². The number of nitrogens with zero attached hydrogens (tertiary/aromatic N) is 2. The monoisotopic (exact) mass is 304 g/mol. The van der Waals surface area contributed by atoms with E-state index in [-0.39, 0.29) is 11.9 Å². The van der Waals surface area contributed by atoms with Gasteiger partial charge in [-0.25, -0.2) is 4.79 Å². The number of benzene rings is 1. The number of β-lactam (4-membered cyclic amide) rings is 1. The second-order valence-electron chi connectivity index (χ2n) is 6.08. The Bertz CT molecular complexity index is 601. The summed E-state index contributed by atoms with van der Waals surface area (Å²) in [6.07, 6.45) is 0.370. The van der Waals surface area contributed by atoms with Crippen LogP contribution in [0.2, 0.25) is 0 Å². The lowest BCUT2D eigenvalue weighted by atomic mass is 9.85. The zero-order valence-corrected chi connectivity index (χ0v) is 12.8. The minimum absolute atomic E-state index is 0.0740. The van der Waals surface area contributed by atoms with E-state index < -0.39 is 11.6 Å². The Balaban J connectivity index is 1.70. The average Bonchev–Trinajstić information content (AvgIpc) is 2.87. The number of carbonyl (C=O) groups is 2. The third-order valence-electron chi connectivity index (χ3n) is 4.75. The van der Waals surface area contributed by atoms with Gasteiger partial charge in [0.05, 0.1) is 13.7 Å². The van der Waals surface area contributed by atoms with Crippen molar-refractivity contribution in [1.29, 1.82) is 0 Å². The summed E-state index contributed by atoms with van der Waals surface area (Å²) in [5.41, 5.74) is 0.189. The van der Waals surface area contributed by atoms with Gasteiger partial charge >= 0.3 is 6.09 Å². The number of carboxylic acid groups (broad SMARTS) is 1. The summed E-state index contributed by atoms with van der Waals surface area (Å²) in [7, 11) is 1.61. The second kappa shape index (κ2) is 5.19. The Morgan fingerprint density at radius 1 is 1.41 bits per heavy atom. The Labute approximate surface area is 129 Å². The molecule has 2 saturated heterocycles. The molecule has 2 heterocycles. The molecule has 0 aromatic heterocycles. The van der Waals surface area contributed by atoms with E-state index in [1.54, 1.807) is 12.0 Å². The maximum absolute atomic E-state index is 12.6. The largest absolute Gasteiger partial charge is 0.497 e. The standard InChI is InChI=1S/C16H20N2O4/c1-11-7-8-16(18(11)15(20)21)10-17(14(16)19)9-12-3-5-13(22-2)6-4-12/h3-6,11H,7-10H2,1-2H3,(H,20,21). The molecule has 1 aromatic carbocycles. The number of likely N-dealkylation sites (tertiary alicyclic amines) is 2. The van der Waals surface area contributed by atoms with Crippen molar-refractivity contribution in [3.05, 3.63) is 29.8 Å². The lowest BCUT2D eigenvalue weighted by molar-refractivity contribution is -0.161. The smallest absolute Gasteiger partial charge is 0.408 e. The lowest BCUT2D eigenvalue weighted by Gasteiger charge is -2.51. The number of rotatable bonds is 3. The molecule has 6 nitrogen and oxygen atoms in total. The van der Waals surface area contributed by atoms with Gasteiger partial charge in [0, 0.05) is 12.6 Å². The predicted octanol–water partition coefficient (Wildman–Crippen LogP) is 1.94. The van der Waals surface area contributed by atoms with E-state index >= 15 is 0 Å². The summed E-state index contributed by atoms with van der Waals surface area (Å²) in [4.78, 5) is 27.1. The van der Waals surface area contributed by atoms with Gasteiger partial charge in [0.15, 0.2) is 0 Å². The van der Waals surface area contributed by atoms with Gasteiger partial charge in [-0.05, 0) is 37.5 Å². The number of amides is 2.